The first kappa shape index (κ1) is 6.51. The lowest BCUT2D eigenvalue weighted by atomic mass is 10.3. The summed E-state index contributed by atoms with van der Waals surface area (Å²) in [5, 5.41) is 8.12. The molecule has 0 aromatic carbocycles. The van der Waals surface area contributed by atoms with Gasteiger partial charge in [-0.1, -0.05) is 0 Å². The number of ether oxygens (including phenoxy) is 2. The molecule has 52 valence electrons. The Labute approximate surface area is 52.4 Å². The quantitative estimate of drug-likeness (QED) is 0.561. The summed E-state index contributed by atoms with van der Waals surface area (Å²) in [5.74, 6) is -0.929. The normalized spacial score (nSPS) is 19.1. The molecule has 4 nitrogen and oxygen atoms in total. The van der Waals surface area contributed by atoms with Gasteiger partial charge in [-0.3, -0.25) is 0 Å². The van der Waals surface area contributed by atoms with Gasteiger partial charge in [0.05, 0.1) is 13.2 Å². The zero-order chi connectivity index (χ0) is 6.69. The van der Waals surface area contributed by atoms with Crippen molar-refractivity contribution in [1.82, 2.24) is 0 Å². The van der Waals surface area contributed by atoms with Crippen LogP contribution < -0.4 is 0 Å². The van der Waals surface area contributed by atoms with Crippen LogP contribution in [0.25, 0.3) is 0 Å². The highest BCUT2D eigenvalue weighted by Crippen LogP contribution is 2.03. The van der Waals surface area contributed by atoms with E-state index in [9.17, 15) is 4.79 Å². The second-order valence-electron chi connectivity index (χ2n) is 1.86. The molecule has 4 heteroatoms. The lowest BCUT2D eigenvalue weighted by Crippen LogP contribution is -2.37. The standard InChI is InChI=1S/C5H8O4/c6-5(7)3-9-4-1-8-2-4/h4H,1-3H2,(H,6,7). The minimum atomic E-state index is -0.929. The topological polar surface area (TPSA) is 55.8 Å². The molecule has 1 saturated heterocycles. The molecule has 0 radical (unpaired) electrons. The molecule has 1 rings (SSSR count). The highest BCUT2D eigenvalue weighted by molar-refractivity contribution is 5.68. The zero-order valence-electron chi connectivity index (χ0n) is 4.87. The Morgan fingerprint density at radius 3 is 2.78 bits per heavy atom. The molecule has 0 bridgehead atoms. The predicted molar refractivity (Wildman–Crippen MR) is 28.2 cm³/mol. The molecule has 1 fully saturated rings. The van der Waals surface area contributed by atoms with Crippen molar-refractivity contribution in [3.63, 3.8) is 0 Å². The lowest BCUT2D eigenvalue weighted by molar-refractivity contribution is -0.160. The molecule has 1 aliphatic heterocycles. The van der Waals surface area contributed by atoms with Crippen molar-refractivity contribution >= 4 is 5.97 Å². The van der Waals surface area contributed by atoms with Crippen LogP contribution in [0.2, 0.25) is 0 Å². The monoisotopic (exact) mass is 132 g/mol. The molecule has 0 aliphatic carbocycles. The van der Waals surface area contributed by atoms with Crippen LogP contribution in [0.3, 0.4) is 0 Å². The number of carboxylic acids is 1. The van der Waals surface area contributed by atoms with E-state index < -0.39 is 5.97 Å². The van der Waals surface area contributed by atoms with Crippen LogP contribution in [-0.4, -0.2) is 37.0 Å². The van der Waals surface area contributed by atoms with Crippen LogP contribution in [0, 0.1) is 0 Å². The van der Waals surface area contributed by atoms with Crippen molar-refractivity contribution in [2.45, 2.75) is 6.10 Å². The minimum Gasteiger partial charge on any atom is -0.480 e. The van der Waals surface area contributed by atoms with Crippen LogP contribution >= 0.6 is 0 Å². The van der Waals surface area contributed by atoms with E-state index in [4.69, 9.17) is 14.6 Å². The van der Waals surface area contributed by atoms with Crippen LogP contribution in [0.5, 0.6) is 0 Å². The Bertz CT molecular complexity index is 108. The SMILES string of the molecule is O=C(O)COC1COC1. The summed E-state index contributed by atoms with van der Waals surface area (Å²) in [5.41, 5.74) is 0. The molecule has 0 amide bonds. The highest BCUT2D eigenvalue weighted by atomic mass is 16.6. The third-order valence-electron chi connectivity index (χ3n) is 1.05. The maximum atomic E-state index is 9.88. The van der Waals surface area contributed by atoms with Crippen LogP contribution in [0.1, 0.15) is 0 Å². The summed E-state index contributed by atoms with van der Waals surface area (Å²) >= 11 is 0. The van der Waals surface area contributed by atoms with Crippen molar-refractivity contribution in [2.75, 3.05) is 19.8 Å². The molecule has 9 heavy (non-hydrogen) atoms. The Morgan fingerprint density at radius 1 is 1.78 bits per heavy atom. The summed E-state index contributed by atoms with van der Waals surface area (Å²) in [6.07, 6.45) is 0.0149. The van der Waals surface area contributed by atoms with Gasteiger partial charge >= 0.3 is 5.97 Å². The number of carboxylic acid groups (broad SMARTS) is 1. The Hall–Kier alpha value is -0.610. The number of hydrogen-bond acceptors (Lipinski definition) is 3. The first-order valence-corrected chi connectivity index (χ1v) is 2.70. The third-order valence-corrected chi connectivity index (χ3v) is 1.05. The van der Waals surface area contributed by atoms with E-state index >= 15 is 0 Å². The molecule has 1 heterocycles. The van der Waals surface area contributed by atoms with E-state index in [1.807, 2.05) is 0 Å². The van der Waals surface area contributed by atoms with Gasteiger partial charge < -0.3 is 14.6 Å². The first-order valence-electron chi connectivity index (χ1n) is 2.70. The number of rotatable bonds is 3. The Kier molecular flexibility index (Phi) is 2.02. The summed E-state index contributed by atoms with van der Waals surface area (Å²) in [4.78, 5) is 9.88. The number of carbonyl (C=O) groups is 1. The van der Waals surface area contributed by atoms with Gasteiger partial charge in [-0.05, 0) is 0 Å². The Balaban J connectivity index is 1.97. The molecule has 0 saturated carbocycles. The van der Waals surface area contributed by atoms with Gasteiger partial charge in [-0.2, -0.15) is 0 Å². The van der Waals surface area contributed by atoms with Crippen molar-refractivity contribution in [2.24, 2.45) is 0 Å². The smallest absolute Gasteiger partial charge is 0.329 e. The van der Waals surface area contributed by atoms with Crippen molar-refractivity contribution in [1.29, 1.82) is 0 Å². The second kappa shape index (κ2) is 2.80. The van der Waals surface area contributed by atoms with Gasteiger partial charge in [-0.15, -0.1) is 0 Å². The maximum absolute atomic E-state index is 9.88. The van der Waals surface area contributed by atoms with E-state index in [1.165, 1.54) is 0 Å². The van der Waals surface area contributed by atoms with Gasteiger partial charge in [-0.25, -0.2) is 4.79 Å². The molecular formula is C5H8O4. The lowest BCUT2D eigenvalue weighted by Gasteiger charge is -2.24. The number of hydrogen-bond donors (Lipinski definition) is 1. The fraction of sp³-hybridized carbons (Fsp3) is 0.800. The summed E-state index contributed by atoms with van der Waals surface area (Å²) in [6, 6.07) is 0. The van der Waals surface area contributed by atoms with Gasteiger partial charge in [0.25, 0.3) is 0 Å². The summed E-state index contributed by atoms with van der Waals surface area (Å²) < 4.78 is 9.56. The van der Waals surface area contributed by atoms with Gasteiger partial charge in [0.15, 0.2) is 0 Å². The molecule has 0 spiro atoms. The average molecular weight is 132 g/mol. The largest absolute Gasteiger partial charge is 0.480 e. The second-order valence-corrected chi connectivity index (χ2v) is 1.86. The van der Waals surface area contributed by atoms with Crippen LogP contribution in [0.4, 0.5) is 0 Å². The van der Waals surface area contributed by atoms with Crippen molar-refractivity contribution in [3.8, 4) is 0 Å². The van der Waals surface area contributed by atoms with Gasteiger partial charge in [0.1, 0.15) is 12.7 Å². The van der Waals surface area contributed by atoms with E-state index in [-0.39, 0.29) is 12.7 Å². The van der Waals surface area contributed by atoms with E-state index in [0.717, 1.165) is 0 Å². The summed E-state index contributed by atoms with van der Waals surface area (Å²) in [6.45, 7) is 0.856. The molecule has 0 atom stereocenters. The fourth-order valence-corrected chi connectivity index (χ4v) is 0.499. The Morgan fingerprint density at radius 2 is 2.44 bits per heavy atom. The zero-order valence-corrected chi connectivity index (χ0v) is 4.87. The molecule has 1 aliphatic rings. The van der Waals surface area contributed by atoms with Crippen LogP contribution in [-0.2, 0) is 14.3 Å². The first-order chi connectivity index (χ1) is 4.29. The van der Waals surface area contributed by atoms with Crippen molar-refractivity contribution in [3.05, 3.63) is 0 Å². The molecule has 0 aromatic heterocycles. The molecular weight excluding hydrogens is 124 g/mol. The van der Waals surface area contributed by atoms with Crippen LogP contribution in [0.15, 0.2) is 0 Å². The molecule has 0 unspecified atom stereocenters. The minimum absolute atomic E-state index is 0.0149. The van der Waals surface area contributed by atoms with Crippen molar-refractivity contribution < 1.29 is 19.4 Å². The summed E-state index contributed by atoms with van der Waals surface area (Å²) in [7, 11) is 0. The predicted octanol–water partition coefficient (Wildman–Crippen LogP) is -0.514. The molecule has 0 aromatic rings. The van der Waals surface area contributed by atoms with Gasteiger partial charge in [0.2, 0.25) is 0 Å². The molecule has 1 N–H and O–H groups in total. The fourth-order valence-electron chi connectivity index (χ4n) is 0.499. The maximum Gasteiger partial charge on any atom is 0.329 e. The van der Waals surface area contributed by atoms with E-state index in [2.05, 4.69) is 0 Å². The van der Waals surface area contributed by atoms with E-state index in [1.54, 1.807) is 0 Å². The highest BCUT2D eigenvalue weighted by Gasteiger charge is 2.19. The third kappa shape index (κ3) is 1.99. The van der Waals surface area contributed by atoms with E-state index in [0.29, 0.717) is 13.2 Å². The average Bonchev–Trinajstić information content (AvgIpc) is 1.60. The number of aliphatic carboxylic acids is 1. The van der Waals surface area contributed by atoms with Gasteiger partial charge in [0, 0.05) is 0 Å².